The lowest BCUT2D eigenvalue weighted by Gasteiger charge is -2.32. The molecule has 0 aliphatic carbocycles. The van der Waals surface area contributed by atoms with Crippen molar-refractivity contribution in [3.63, 3.8) is 0 Å². The highest BCUT2D eigenvalue weighted by Gasteiger charge is 2.34. The molecule has 1 aromatic heterocycles. The highest BCUT2D eigenvalue weighted by molar-refractivity contribution is 7.89. The maximum Gasteiger partial charge on any atom is 0.216 e. The first-order valence-corrected chi connectivity index (χ1v) is 8.89. The predicted octanol–water partition coefficient (Wildman–Crippen LogP) is 2.06. The van der Waals surface area contributed by atoms with Crippen molar-refractivity contribution in [2.45, 2.75) is 38.6 Å². The standard InChI is InChI=1S/C15H20N4O2S/c1-11(2)22(20,21)18-9-12(3)19-14(10-18)16-17-15(19)13-7-5-4-6-8-13/h4-8,11-12H,9-10H2,1-3H3/t12-/m0/s1. The molecule has 2 heterocycles. The Morgan fingerprint density at radius 2 is 1.86 bits per heavy atom. The van der Waals surface area contributed by atoms with Crippen LogP contribution in [0, 0.1) is 0 Å². The number of benzene rings is 1. The van der Waals surface area contributed by atoms with Gasteiger partial charge in [0.05, 0.1) is 11.8 Å². The average Bonchev–Trinajstić information content (AvgIpc) is 2.92. The predicted molar refractivity (Wildman–Crippen MR) is 84.6 cm³/mol. The van der Waals surface area contributed by atoms with Gasteiger partial charge in [-0.25, -0.2) is 8.42 Å². The van der Waals surface area contributed by atoms with E-state index >= 15 is 0 Å². The minimum Gasteiger partial charge on any atom is -0.306 e. The number of sulfonamides is 1. The zero-order valence-electron chi connectivity index (χ0n) is 13.0. The molecule has 7 heteroatoms. The molecular formula is C15H20N4O2S. The molecule has 0 spiro atoms. The second kappa shape index (κ2) is 5.48. The molecule has 2 aromatic rings. The van der Waals surface area contributed by atoms with Gasteiger partial charge >= 0.3 is 0 Å². The molecule has 0 amide bonds. The molecule has 1 aromatic carbocycles. The summed E-state index contributed by atoms with van der Waals surface area (Å²) in [5.74, 6) is 1.49. The second-order valence-electron chi connectivity index (χ2n) is 5.91. The van der Waals surface area contributed by atoms with Crippen LogP contribution in [0.25, 0.3) is 11.4 Å². The van der Waals surface area contributed by atoms with Gasteiger partial charge in [0.25, 0.3) is 0 Å². The number of nitrogens with zero attached hydrogens (tertiary/aromatic N) is 4. The van der Waals surface area contributed by atoms with E-state index in [0.29, 0.717) is 12.4 Å². The Hall–Kier alpha value is -1.73. The number of rotatable bonds is 3. The molecule has 22 heavy (non-hydrogen) atoms. The molecule has 0 unspecified atom stereocenters. The van der Waals surface area contributed by atoms with Crippen LogP contribution in [0.1, 0.15) is 32.6 Å². The molecule has 118 valence electrons. The van der Waals surface area contributed by atoms with Crippen LogP contribution in [0.15, 0.2) is 30.3 Å². The van der Waals surface area contributed by atoms with Crippen molar-refractivity contribution in [3.05, 3.63) is 36.2 Å². The largest absolute Gasteiger partial charge is 0.306 e. The zero-order valence-corrected chi connectivity index (χ0v) is 13.8. The number of aromatic nitrogens is 3. The lowest BCUT2D eigenvalue weighted by atomic mass is 10.2. The number of fused-ring (bicyclic) bond motifs is 1. The third-order valence-electron chi connectivity index (χ3n) is 3.98. The molecule has 0 saturated heterocycles. The Morgan fingerprint density at radius 3 is 2.50 bits per heavy atom. The maximum atomic E-state index is 12.4. The first-order valence-electron chi connectivity index (χ1n) is 7.39. The molecule has 1 aliphatic rings. The molecular weight excluding hydrogens is 300 g/mol. The summed E-state index contributed by atoms with van der Waals surface area (Å²) in [6.07, 6.45) is 0. The Morgan fingerprint density at radius 1 is 1.18 bits per heavy atom. The maximum absolute atomic E-state index is 12.4. The van der Waals surface area contributed by atoms with Gasteiger partial charge in [0, 0.05) is 18.2 Å². The van der Waals surface area contributed by atoms with Crippen molar-refractivity contribution in [1.29, 1.82) is 0 Å². The Bertz CT molecular complexity index is 768. The van der Waals surface area contributed by atoms with Crippen molar-refractivity contribution in [2.75, 3.05) is 6.54 Å². The van der Waals surface area contributed by atoms with E-state index in [2.05, 4.69) is 10.2 Å². The third kappa shape index (κ3) is 2.44. The van der Waals surface area contributed by atoms with Gasteiger partial charge < -0.3 is 4.57 Å². The summed E-state index contributed by atoms with van der Waals surface area (Å²) in [6, 6.07) is 9.85. The summed E-state index contributed by atoms with van der Waals surface area (Å²) in [5, 5.41) is 8.06. The molecule has 0 saturated carbocycles. The van der Waals surface area contributed by atoms with Gasteiger partial charge in [-0.1, -0.05) is 30.3 Å². The summed E-state index contributed by atoms with van der Waals surface area (Å²) < 4.78 is 28.3. The Labute approximate surface area is 130 Å². The monoisotopic (exact) mass is 320 g/mol. The van der Waals surface area contributed by atoms with Crippen molar-refractivity contribution < 1.29 is 8.42 Å². The van der Waals surface area contributed by atoms with E-state index in [9.17, 15) is 8.42 Å². The SMILES string of the molecule is CC(C)S(=O)(=O)N1Cc2nnc(-c3ccccc3)n2[C@@H](C)C1. The second-order valence-corrected chi connectivity index (χ2v) is 8.40. The molecule has 0 bridgehead atoms. The van der Waals surface area contributed by atoms with Crippen molar-refractivity contribution >= 4 is 10.0 Å². The molecule has 0 N–H and O–H groups in total. The van der Waals surface area contributed by atoms with Crippen molar-refractivity contribution in [2.24, 2.45) is 0 Å². The molecule has 0 fully saturated rings. The molecule has 0 radical (unpaired) electrons. The van der Waals surface area contributed by atoms with E-state index in [1.165, 1.54) is 4.31 Å². The molecule has 1 atom stereocenters. The third-order valence-corrected chi connectivity index (χ3v) is 6.17. The van der Waals surface area contributed by atoms with Crippen LogP contribution in [0.3, 0.4) is 0 Å². The molecule has 1 aliphatic heterocycles. The fourth-order valence-corrected chi connectivity index (χ4v) is 4.08. The quantitative estimate of drug-likeness (QED) is 0.868. The lowest BCUT2D eigenvalue weighted by Crippen LogP contribution is -2.43. The summed E-state index contributed by atoms with van der Waals surface area (Å²) in [4.78, 5) is 0. The Kier molecular flexibility index (Phi) is 3.78. The average molecular weight is 320 g/mol. The van der Waals surface area contributed by atoms with E-state index in [0.717, 1.165) is 11.4 Å². The smallest absolute Gasteiger partial charge is 0.216 e. The summed E-state index contributed by atoms with van der Waals surface area (Å²) in [6.45, 7) is 6.14. The van der Waals surface area contributed by atoms with Gasteiger partial charge in [-0.15, -0.1) is 10.2 Å². The normalized spacial score (nSPS) is 19.4. The van der Waals surface area contributed by atoms with Gasteiger partial charge in [0.1, 0.15) is 5.82 Å². The van der Waals surface area contributed by atoms with Gasteiger partial charge in [-0.3, -0.25) is 0 Å². The van der Waals surface area contributed by atoms with Crippen molar-refractivity contribution in [1.82, 2.24) is 19.1 Å². The summed E-state index contributed by atoms with van der Waals surface area (Å²) in [5.41, 5.74) is 0.994. The first-order chi connectivity index (χ1) is 10.4. The first kappa shape index (κ1) is 15.2. The number of hydrogen-bond donors (Lipinski definition) is 0. The fourth-order valence-electron chi connectivity index (χ4n) is 2.77. The summed E-state index contributed by atoms with van der Waals surface area (Å²) in [7, 11) is -3.28. The van der Waals surface area contributed by atoms with E-state index in [-0.39, 0.29) is 12.6 Å². The Balaban J connectivity index is 1.99. The van der Waals surface area contributed by atoms with Crippen LogP contribution in [-0.2, 0) is 16.6 Å². The highest BCUT2D eigenvalue weighted by atomic mass is 32.2. The van der Waals surface area contributed by atoms with Crippen LogP contribution in [0.4, 0.5) is 0 Å². The minimum absolute atomic E-state index is 0.00230. The van der Waals surface area contributed by atoms with Crippen LogP contribution < -0.4 is 0 Å². The van der Waals surface area contributed by atoms with Crippen molar-refractivity contribution in [3.8, 4) is 11.4 Å². The van der Waals surface area contributed by atoms with E-state index in [1.807, 2.05) is 41.8 Å². The van der Waals surface area contributed by atoms with Gasteiger partial charge in [-0.05, 0) is 20.8 Å². The van der Waals surface area contributed by atoms with Crippen LogP contribution in [-0.4, -0.2) is 39.3 Å². The van der Waals surface area contributed by atoms with Crippen LogP contribution in [0.5, 0.6) is 0 Å². The highest BCUT2D eigenvalue weighted by Crippen LogP contribution is 2.29. The number of hydrogen-bond acceptors (Lipinski definition) is 4. The van der Waals surface area contributed by atoms with Crippen LogP contribution in [0.2, 0.25) is 0 Å². The minimum atomic E-state index is -3.28. The molecule has 6 nitrogen and oxygen atoms in total. The van der Waals surface area contributed by atoms with Gasteiger partial charge in [-0.2, -0.15) is 4.31 Å². The van der Waals surface area contributed by atoms with Crippen LogP contribution >= 0.6 is 0 Å². The lowest BCUT2D eigenvalue weighted by molar-refractivity contribution is 0.291. The van der Waals surface area contributed by atoms with Gasteiger partial charge in [0.2, 0.25) is 10.0 Å². The van der Waals surface area contributed by atoms with E-state index in [1.54, 1.807) is 13.8 Å². The fraction of sp³-hybridized carbons (Fsp3) is 0.467. The topological polar surface area (TPSA) is 68.1 Å². The van der Waals surface area contributed by atoms with Gasteiger partial charge in [0.15, 0.2) is 5.82 Å². The summed E-state index contributed by atoms with van der Waals surface area (Å²) >= 11 is 0. The van der Waals surface area contributed by atoms with E-state index in [4.69, 9.17) is 0 Å². The zero-order chi connectivity index (χ0) is 15.9. The molecule has 3 rings (SSSR count). The van der Waals surface area contributed by atoms with E-state index < -0.39 is 15.3 Å².